The number of para-hydroxylation sites is 2. The quantitative estimate of drug-likeness (QED) is 0.396. The lowest BCUT2D eigenvalue weighted by Gasteiger charge is -2.22. The van der Waals surface area contributed by atoms with Gasteiger partial charge >= 0.3 is 0 Å². The number of H-pyrrole nitrogens is 1. The van der Waals surface area contributed by atoms with Crippen LogP contribution in [0.1, 0.15) is 11.1 Å². The van der Waals surface area contributed by atoms with E-state index >= 15 is 0 Å². The molecule has 1 aromatic heterocycles. The minimum Gasteiger partial charge on any atom is -0.494 e. The molecule has 3 aromatic rings. The maximum atomic E-state index is 10.7. The maximum Gasteiger partial charge on any atom is 0.199 e. The predicted molar refractivity (Wildman–Crippen MR) is 119 cm³/mol. The van der Waals surface area contributed by atoms with Crippen LogP contribution in [0.4, 0.5) is 5.69 Å². The van der Waals surface area contributed by atoms with E-state index in [1.165, 1.54) is 4.90 Å². The van der Waals surface area contributed by atoms with Crippen molar-refractivity contribution in [3.05, 3.63) is 58.1 Å². The number of fused-ring (bicyclic) bond motifs is 2. The van der Waals surface area contributed by atoms with Crippen molar-refractivity contribution >= 4 is 43.9 Å². The summed E-state index contributed by atoms with van der Waals surface area (Å²) in [5.41, 5.74) is 4.41. The molecule has 0 amide bonds. The van der Waals surface area contributed by atoms with Crippen molar-refractivity contribution < 1.29 is 19.6 Å². The number of quaternary nitrogens is 1. The molecule has 0 saturated carbocycles. The average Bonchev–Trinajstić information content (AvgIpc) is 3.29. The molecule has 0 aliphatic carbocycles. The first-order chi connectivity index (χ1) is 14.7. The Bertz CT molecular complexity index is 1150. The number of hydrogen-bond acceptors (Lipinski definition) is 5. The fourth-order valence-electron chi connectivity index (χ4n) is 3.96. The van der Waals surface area contributed by atoms with Gasteiger partial charge in [0.25, 0.3) is 0 Å². The van der Waals surface area contributed by atoms with E-state index in [4.69, 9.17) is 14.6 Å². The second-order valence-electron chi connectivity index (χ2n) is 7.37. The molecule has 5 rings (SSSR count). The van der Waals surface area contributed by atoms with E-state index in [2.05, 4.69) is 26.1 Å². The Morgan fingerprint density at radius 1 is 1.17 bits per heavy atom. The molecule has 0 spiro atoms. The Balaban J connectivity index is 1.47. The maximum absolute atomic E-state index is 10.7. The second kappa shape index (κ2) is 8.22. The van der Waals surface area contributed by atoms with Crippen LogP contribution in [-0.2, 0) is 9.57 Å². The first kappa shape index (κ1) is 19.3. The number of halogens is 1. The van der Waals surface area contributed by atoms with Crippen molar-refractivity contribution in [2.75, 3.05) is 39.5 Å². The highest BCUT2D eigenvalue weighted by molar-refractivity contribution is 9.10. The Hall–Kier alpha value is -2.68. The van der Waals surface area contributed by atoms with E-state index in [9.17, 15) is 5.11 Å². The molecule has 3 heterocycles. The highest BCUT2D eigenvalue weighted by Crippen LogP contribution is 2.37. The van der Waals surface area contributed by atoms with Crippen LogP contribution >= 0.6 is 15.9 Å². The summed E-state index contributed by atoms with van der Waals surface area (Å²) in [5, 5.41) is 16.0. The number of oxime groups is 1. The molecule has 8 heteroatoms. The predicted octanol–water partition coefficient (Wildman–Crippen LogP) is 2.41. The third kappa shape index (κ3) is 3.51. The number of hydrogen-bond donors (Lipinski definition) is 3. The van der Waals surface area contributed by atoms with E-state index in [-0.39, 0.29) is 5.88 Å². The normalized spacial score (nSPS) is 18.0. The van der Waals surface area contributed by atoms with Gasteiger partial charge in [0.15, 0.2) is 12.5 Å². The molecule has 154 valence electrons. The summed E-state index contributed by atoms with van der Waals surface area (Å²) in [7, 11) is 0. The first-order valence-corrected chi connectivity index (χ1v) is 10.8. The SMILES string of the molecule is Oc1[nH]c2c(Br)cccc2c1C1=Nc2ccccc2/C1=N\OCC[NH+]1CCOCC1. The molecule has 30 heavy (non-hydrogen) atoms. The van der Waals surface area contributed by atoms with Crippen LogP contribution in [0.2, 0.25) is 0 Å². The van der Waals surface area contributed by atoms with Crippen LogP contribution in [0.3, 0.4) is 0 Å². The fourth-order valence-corrected chi connectivity index (χ4v) is 4.42. The van der Waals surface area contributed by atoms with Gasteiger partial charge in [-0.05, 0) is 28.1 Å². The number of benzene rings is 2. The minimum atomic E-state index is 0.0638. The summed E-state index contributed by atoms with van der Waals surface area (Å²) in [4.78, 5) is 15.0. The molecule has 0 atom stereocenters. The van der Waals surface area contributed by atoms with Gasteiger partial charge in [-0.3, -0.25) is 0 Å². The molecule has 7 nitrogen and oxygen atoms in total. The summed E-state index contributed by atoms with van der Waals surface area (Å²) in [6.07, 6.45) is 0. The molecule has 0 radical (unpaired) electrons. The average molecular weight is 470 g/mol. The monoisotopic (exact) mass is 469 g/mol. The van der Waals surface area contributed by atoms with Gasteiger partial charge in [-0.2, -0.15) is 0 Å². The number of ether oxygens (including phenoxy) is 1. The number of rotatable bonds is 5. The van der Waals surface area contributed by atoms with Crippen LogP contribution in [0, 0.1) is 0 Å². The minimum absolute atomic E-state index is 0.0638. The third-order valence-corrected chi connectivity index (χ3v) is 6.18. The standard InChI is InChI=1S/C22H21BrN4O3/c23-16-6-3-5-15-18(22(28)25-19(15)16)21-20(14-4-1-2-7-17(14)24-21)26-30-13-10-27-8-11-29-12-9-27/h1-7,25,28H,8-13H2/p+1/b26-20+. The van der Waals surface area contributed by atoms with Crippen LogP contribution in [0.15, 0.2) is 57.1 Å². The number of nitrogens with one attached hydrogen (secondary N) is 2. The zero-order valence-electron chi connectivity index (χ0n) is 16.3. The summed E-state index contributed by atoms with van der Waals surface area (Å²) >= 11 is 3.54. The molecule has 1 saturated heterocycles. The number of aromatic nitrogens is 1. The van der Waals surface area contributed by atoms with Gasteiger partial charge in [-0.25, -0.2) is 4.99 Å². The van der Waals surface area contributed by atoms with E-state index in [0.29, 0.717) is 23.6 Å². The van der Waals surface area contributed by atoms with Gasteiger partial charge in [-0.15, -0.1) is 0 Å². The number of nitrogens with zero attached hydrogens (tertiary/aromatic N) is 2. The van der Waals surface area contributed by atoms with Crippen molar-refractivity contribution in [3.63, 3.8) is 0 Å². The van der Waals surface area contributed by atoms with Crippen molar-refractivity contribution in [2.24, 2.45) is 10.1 Å². The van der Waals surface area contributed by atoms with Gasteiger partial charge in [0.05, 0.1) is 30.0 Å². The lowest BCUT2D eigenvalue weighted by atomic mass is 10.0. The lowest BCUT2D eigenvalue weighted by Crippen LogP contribution is -3.14. The zero-order chi connectivity index (χ0) is 20.5. The molecular formula is C22H22BrN4O3+. The smallest absolute Gasteiger partial charge is 0.199 e. The van der Waals surface area contributed by atoms with Crippen LogP contribution in [0.5, 0.6) is 5.88 Å². The Labute approximate surface area is 182 Å². The second-order valence-corrected chi connectivity index (χ2v) is 8.23. The topological polar surface area (TPSA) is 83.6 Å². The largest absolute Gasteiger partial charge is 0.494 e. The van der Waals surface area contributed by atoms with Crippen molar-refractivity contribution in [3.8, 4) is 5.88 Å². The van der Waals surface area contributed by atoms with Gasteiger partial charge < -0.3 is 24.6 Å². The molecular weight excluding hydrogens is 448 g/mol. The number of aromatic amines is 1. The molecule has 0 unspecified atom stereocenters. The van der Waals surface area contributed by atoms with Crippen molar-refractivity contribution in [2.45, 2.75) is 0 Å². The Kier molecular flexibility index (Phi) is 5.28. The molecule has 0 bridgehead atoms. The molecule has 3 N–H and O–H groups in total. The molecule has 2 aliphatic rings. The summed E-state index contributed by atoms with van der Waals surface area (Å²) in [6, 6.07) is 13.6. The summed E-state index contributed by atoms with van der Waals surface area (Å²) in [6.45, 7) is 4.97. The van der Waals surface area contributed by atoms with Crippen molar-refractivity contribution in [1.82, 2.24) is 4.98 Å². The summed E-state index contributed by atoms with van der Waals surface area (Å²) < 4.78 is 6.28. The van der Waals surface area contributed by atoms with Crippen LogP contribution < -0.4 is 4.90 Å². The fraction of sp³-hybridized carbons (Fsp3) is 0.273. The zero-order valence-corrected chi connectivity index (χ0v) is 17.9. The Morgan fingerprint density at radius 2 is 2.00 bits per heavy atom. The first-order valence-electron chi connectivity index (χ1n) is 10.0. The van der Waals surface area contributed by atoms with E-state index < -0.39 is 0 Å². The summed E-state index contributed by atoms with van der Waals surface area (Å²) in [5.74, 6) is 0.0638. The lowest BCUT2D eigenvalue weighted by molar-refractivity contribution is -0.908. The van der Waals surface area contributed by atoms with E-state index in [0.717, 1.165) is 59.5 Å². The molecule has 2 aromatic carbocycles. The highest BCUT2D eigenvalue weighted by atomic mass is 79.9. The number of aromatic hydroxyl groups is 1. The van der Waals surface area contributed by atoms with Gasteiger partial charge in [0.1, 0.15) is 31.1 Å². The van der Waals surface area contributed by atoms with Crippen LogP contribution in [-0.4, -0.2) is 61.0 Å². The van der Waals surface area contributed by atoms with Crippen LogP contribution in [0.25, 0.3) is 10.9 Å². The van der Waals surface area contributed by atoms with E-state index in [1.807, 2.05) is 42.5 Å². The van der Waals surface area contributed by atoms with Gasteiger partial charge in [0, 0.05) is 15.4 Å². The van der Waals surface area contributed by atoms with Gasteiger partial charge in [0.2, 0.25) is 0 Å². The van der Waals surface area contributed by atoms with E-state index in [1.54, 1.807) is 0 Å². The molecule has 1 fully saturated rings. The van der Waals surface area contributed by atoms with Crippen molar-refractivity contribution in [1.29, 1.82) is 0 Å². The molecule has 2 aliphatic heterocycles. The van der Waals surface area contributed by atoms with Gasteiger partial charge in [-0.1, -0.05) is 35.5 Å². The highest BCUT2D eigenvalue weighted by Gasteiger charge is 2.29. The number of morpholine rings is 1. The Morgan fingerprint density at radius 3 is 2.87 bits per heavy atom. The third-order valence-electron chi connectivity index (χ3n) is 5.52. The number of aliphatic imine (C=N–C) groups is 1.